The van der Waals surface area contributed by atoms with Crippen molar-refractivity contribution in [3.8, 4) is 0 Å². The van der Waals surface area contributed by atoms with Crippen molar-refractivity contribution in [3.05, 3.63) is 41.2 Å². The quantitative estimate of drug-likeness (QED) is 0.607. The number of benzene rings is 1. The summed E-state index contributed by atoms with van der Waals surface area (Å²) in [4.78, 5) is 22.8. The fraction of sp³-hybridized carbons (Fsp3) is 0.630. The number of hydrogen-bond donors (Lipinski definition) is 1. The topological polar surface area (TPSA) is 49.0 Å². The van der Waals surface area contributed by atoms with Crippen LogP contribution in [-0.4, -0.2) is 33.9 Å². The van der Waals surface area contributed by atoms with Gasteiger partial charge >= 0.3 is 0 Å². The molecule has 3 fully saturated rings. The highest BCUT2D eigenvalue weighted by atomic mass is 35.5. The molecule has 1 aromatic heterocycles. The minimum absolute atomic E-state index is 0.128. The second-order valence-corrected chi connectivity index (χ2v) is 11.9. The van der Waals surface area contributed by atoms with E-state index in [-0.39, 0.29) is 11.3 Å². The van der Waals surface area contributed by atoms with Gasteiger partial charge < -0.3 is 9.88 Å². The lowest BCUT2D eigenvalue weighted by molar-refractivity contribution is -0.138. The molecule has 2 aromatic rings. The first-order valence-corrected chi connectivity index (χ1v) is 12.8. The largest absolute Gasteiger partial charge is 0.342 e. The van der Waals surface area contributed by atoms with Crippen molar-refractivity contribution in [1.82, 2.24) is 14.9 Å². The Morgan fingerprint density at radius 3 is 2.84 bits per heavy atom. The van der Waals surface area contributed by atoms with E-state index in [1.165, 1.54) is 32.1 Å². The number of aromatic amines is 1. The van der Waals surface area contributed by atoms with Gasteiger partial charge in [-0.25, -0.2) is 4.98 Å². The Morgan fingerprint density at radius 1 is 1.16 bits per heavy atom. The van der Waals surface area contributed by atoms with Gasteiger partial charge in [0.25, 0.3) is 0 Å². The van der Waals surface area contributed by atoms with Crippen LogP contribution >= 0.6 is 11.6 Å². The molecule has 3 saturated carbocycles. The third kappa shape index (κ3) is 2.87. The molecule has 1 aliphatic heterocycles. The molecular formula is C27H34ClN3O. The van der Waals surface area contributed by atoms with Gasteiger partial charge in [-0.1, -0.05) is 31.5 Å². The van der Waals surface area contributed by atoms with Crippen LogP contribution in [0.4, 0.5) is 0 Å². The van der Waals surface area contributed by atoms with Crippen LogP contribution in [0.1, 0.15) is 58.2 Å². The Labute approximate surface area is 195 Å². The number of amides is 1. The van der Waals surface area contributed by atoms with Crippen LogP contribution in [-0.2, 0) is 11.2 Å². The number of rotatable bonds is 2. The van der Waals surface area contributed by atoms with Crippen molar-refractivity contribution in [3.63, 3.8) is 0 Å². The van der Waals surface area contributed by atoms with E-state index in [0.717, 1.165) is 46.6 Å². The molecule has 2 heterocycles. The van der Waals surface area contributed by atoms with E-state index < -0.39 is 0 Å². The van der Waals surface area contributed by atoms with Gasteiger partial charge in [0.2, 0.25) is 5.91 Å². The summed E-state index contributed by atoms with van der Waals surface area (Å²) in [7, 11) is 2.01. The second-order valence-electron chi connectivity index (χ2n) is 11.5. The summed E-state index contributed by atoms with van der Waals surface area (Å²) in [6, 6.07) is 6.30. The summed E-state index contributed by atoms with van der Waals surface area (Å²) in [5, 5.41) is 0.745. The van der Waals surface area contributed by atoms with Crippen LogP contribution in [0.2, 0.25) is 5.02 Å². The van der Waals surface area contributed by atoms with Gasteiger partial charge in [-0.2, -0.15) is 0 Å². The highest BCUT2D eigenvalue weighted by Gasteiger charge is 2.60. The number of aromatic nitrogens is 2. The number of fused-ring (bicyclic) bond motifs is 6. The minimum Gasteiger partial charge on any atom is -0.342 e. The van der Waals surface area contributed by atoms with Crippen LogP contribution in [0.3, 0.4) is 0 Å². The van der Waals surface area contributed by atoms with Gasteiger partial charge in [-0.15, -0.1) is 0 Å². The van der Waals surface area contributed by atoms with Gasteiger partial charge in [-0.3, -0.25) is 4.79 Å². The maximum absolute atomic E-state index is 12.3. The maximum atomic E-state index is 12.3. The van der Waals surface area contributed by atoms with Crippen molar-refractivity contribution in [1.29, 1.82) is 0 Å². The van der Waals surface area contributed by atoms with Crippen LogP contribution < -0.4 is 0 Å². The molecule has 32 heavy (non-hydrogen) atoms. The summed E-state index contributed by atoms with van der Waals surface area (Å²) < 4.78 is 0. The van der Waals surface area contributed by atoms with Gasteiger partial charge in [0.05, 0.1) is 11.0 Å². The second kappa shape index (κ2) is 7.09. The van der Waals surface area contributed by atoms with E-state index in [0.29, 0.717) is 23.3 Å². The number of nitrogens with zero attached hydrogens (tertiary/aromatic N) is 2. The van der Waals surface area contributed by atoms with Crippen molar-refractivity contribution < 1.29 is 4.79 Å². The molecule has 0 bridgehead atoms. The number of likely N-dealkylation sites (N-methyl/N-ethyl adjacent to an activating group) is 1. The van der Waals surface area contributed by atoms with Crippen LogP contribution in [0.15, 0.2) is 30.4 Å². The Kier molecular flexibility index (Phi) is 4.60. The van der Waals surface area contributed by atoms with E-state index in [4.69, 9.17) is 16.6 Å². The zero-order valence-corrected chi connectivity index (χ0v) is 20.2. The molecular weight excluding hydrogens is 418 g/mol. The number of carbonyl (C=O) groups excluding carboxylic acids is 1. The average molecular weight is 452 g/mol. The standard InChI is InChI=1S/C27H34ClN3O/c1-26-12-10-20-18(6-9-23-27(20,2)13-11-25(32)31(23)3)19(26)7-4-16(26)14-24-29-21-8-5-17(28)15-22(21)30-24/h5,8,11,13,15-16,18-20,23H,4,6-7,9-10,12,14H2,1-3H3,(H,29,30)/t16-,18+,19+,20+,23-,26-,27-/m1/s1. The molecule has 1 N–H and O–H groups in total. The molecule has 5 heteroatoms. The Hall–Kier alpha value is -1.81. The minimum atomic E-state index is 0.128. The number of halogens is 1. The summed E-state index contributed by atoms with van der Waals surface area (Å²) in [6.07, 6.45) is 12.8. The van der Waals surface area contributed by atoms with Crippen molar-refractivity contribution in [2.45, 2.75) is 64.8 Å². The summed E-state index contributed by atoms with van der Waals surface area (Å²) in [5.41, 5.74) is 2.58. The smallest absolute Gasteiger partial charge is 0.246 e. The fourth-order valence-corrected chi connectivity index (χ4v) is 8.71. The lowest BCUT2D eigenvalue weighted by Gasteiger charge is -2.60. The Bertz CT molecular complexity index is 1110. The van der Waals surface area contributed by atoms with Crippen molar-refractivity contribution in [2.75, 3.05) is 7.05 Å². The number of carbonyl (C=O) groups is 1. The highest BCUT2D eigenvalue weighted by molar-refractivity contribution is 6.31. The average Bonchev–Trinajstić information content (AvgIpc) is 3.31. The zero-order valence-electron chi connectivity index (χ0n) is 19.4. The van der Waals surface area contributed by atoms with E-state index in [9.17, 15) is 4.79 Å². The SMILES string of the molecule is CN1C(=O)C=C[C@]2(C)[C@H]3CC[C@]4(C)[C@@H](Cc5nc6cc(Cl)ccc6[nH]5)CC[C@H]4[C@@H]3CC[C@@H]12. The molecule has 4 aliphatic rings. The number of hydrogen-bond acceptors (Lipinski definition) is 2. The van der Waals surface area contributed by atoms with Gasteiger partial charge in [-0.05, 0) is 91.9 Å². The summed E-state index contributed by atoms with van der Waals surface area (Å²) in [6.45, 7) is 5.01. The van der Waals surface area contributed by atoms with Crippen LogP contribution in [0.5, 0.6) is 0 Å². The van der Waals surface area contributed by atoms with E-state index >= 15 is 0 Å². The normalized spacial score (nSPS) is 40.9. The van der Waals surface area contributed by atoms with E-state index in [1.807, 2.05) is 36.2 Å². The molecule has 0 radical (unpaired) electrons. The predicted octanol–water partition coefficient (Wildman–Crippen LogP) is 6.01. The zero-order chi connectivity index (χ0) is 22.3. The summed E-state index contributed by atoms with van der Waals surface area (Å²) >= 11 is 6.17. The molecule has 0 spiro atoms. The van der Waals surface area contributed by atoms with Gasteiger partial charge in [0.15, 0.2) is 0 Å². The third-order valence-corrected chi connectivity index (χ3v) is 10.5. The predicted molar refractivity (Wildman–Crippen MR) is 128 cm³/mol. The first-order chi connectivity index (χ1) is 15.3. The number of nitrogens with one attached hydrogen (secondary N) is 1. The first kappa shape index (κ1) is 20.8. The molecule has 6 rings (SSSR count). The highest BCUT2D eigenvalue weighted by Crippen LogP contribution is 2.65. The molecule has 170 valence electrons. The van der Waals surface area contributed by atoms with Gasteiger partial charge in [0.1, 0.15) is 5.82 Å². The summed E-state index contributed by atoms with van der Waals surface area (Å²) in [5.74, 6) is 4.24. The molecule has 4 nitrogen and oxygen atoms in total. The maximum Gasteiger partial charge on any atom is 0.246 e. The van der Waals surface area contributed by atoms with Crippen molar-refractivity contribution >= 4 is 28.5 Å². The van der Waals surface area contributed by atoms with Crippen LogP contribution in [0, 0.1) is 34.5 Å². The Balaban J connectivity index is 1.26. The monoisotopic (exact) mass is 451 g/mol. The number of imidazole rings is 1. The lowest BCUT2D eigenvalue weighted by Crippen LogP contribution is -2.59. The fourth-order valence-electron chi connectivity index (χ4n) is 8.54. The molecule has 1 amide bonds. The lowest BCUT2D eigenvalue weighted by atomic mass is 9.47. The van der Waals surface area contributed by atoms with Gasteiger partial charge in [0, 0.05) is 29.9 Å². The number of H-pyrrole nitrogens is 1. The molecule has 3 aliphatic carbocycles. The van der Waals surface area contributed by atoms with E-state index in [1.54, 1.807) is 0 Å². The van der Waals surface area contributed by atoms with Crippen molar-refractivity contribution in [2.24, 2.45) is 34.5 Å². The molecule has 0 unspecified atom stereocenters. The molecule has 7 atom stereocenters. The van der Waals surface area contributed by atoms with Crippen LogP contribution in [0.25, 0.3) is 11.0 Å². The Morgan fingerprint density at radius 2 is 2.00 bits per heavy atom. The molecule has 1 aromatic carbocycles. The molecule has 0 saturated heterocycles. The third-order valence-electron chi connectivity index (χ3n) is 10.3. The first-order valence-electron chi connectivity index (χ1n) is 12.4. The van der Waals surface area contributed by atoms with E-state index in [2.05, 4.69) is 24.9 Å².